The Balaban J connectivity index is 2.19. The molecule has 2 amide bonds. The van der Waals surface area contributed by atoms with Gasteiger partial charge in [0.1, 0.15) is 6.04 Å². The maximum Gasteiger partial charge on any atom is 0.354 e. The summed E-state index contributed by atoms with van der Waals surface area (Å²) in [5.74, 6) is -0.717. The predicted molar refractivity (Wildman–Crippen MR) is 87.4 cm³/mol. The average Bonchev–Trinajstić information content (AvgIpc) is 2.96. The van der Waals surface area contributed by atoms with E-state index >= 15 is 0 Å². The van der Waals surface area contributed by atoms with Crippen molar-refractivity contribution in [2.24, 2.45) is 11.7 Å². The monoisotopic (exact) mass is 359 g/mol. The van der Waals surface area contributed by atoms with Crippen molar-refractivity contribution in [3.8, 4) is 0 Å². The lowest BCUT2D eigenvalue weighted by Gasteiger charge is -2.28. The van der Waals surface area contributed by atoms with Gasteiger partial charge in [-0.1, -0.05) is 25.7 Å². The molecule has 1 aliphatic heterocycles. The van der Waals surface area contributed by atoms with Gasteiger partial charge >= 0.3 is 15.3 Å². The number of rotatable bonds is 4. The molecule has 8 nitrogen and oxygen atoms in total. The molecule has 1 aliphatic carbocycles. The van der Waals surface area contributed by atoms with Crippen molar-refractivity contribution in [2.75, 3.05) is 13.1 Å². The van der Waals surface area contributed by atoms with E-state index in [4.69, 9.17) is 5.73 Å². The van der Waals surface area contributed by atoms with Crippen LogP contribution < -0.4 is 11.1 Å². The van der Waals surface area contributed by atoms with Gasteiger partial charge in [0.25, 0.3) is 0 Å². The van der Waals surface area contributed by atoms with Crippen LogP contribution in [-0.4, -0.2) is 48.8 Å². The molecule has 1 saturated carbocycles. The van der Waals surface area contributed by atoms with Crippen LogP contribution in [0.3, 0.4) is 0 Å². The lowest BCUT2D eigenvalue weighted by molar-refractivity contribution is -0.133. The first-order chi connectivity index (χ1) is 11.3. The molecule has 0 spiro atoms. The van der Waals surface area contributed by atoms with Crippen LogP contribution in [-0.2, 0) is 19.6 Å². The van der Waals surface area contributed by atoms with Gasteiger partial charge in [-0.25, -0.2) is 4.31 Å². The van der Waals surface area contributed by atoms with Gasteiger partial charge in [-0.05, 0) is 31.7 Å². The van der Waals surface area contributed by atoms with E-state index < -0.39 is 33.0 Å². The first kappa shape index (κ1) is 18.9. The number of sulfonamides is 1. The predicted octanol–water partition coefficient (Wildman–Crippen LogP) is 0.515. The smallest absolute Gasteiger partial charge is 0.354 e. The van der Waals surface area contributed by atoms with Gasteiger partial charge in [-0.15, -0.1) is 0 Å². The first-order valence-corrected chi connectivity index (χ1v) is 9.88. The molecule has 9 heteroatoms. The third-order valence-corrected chi connectivity index (χ3v) is 6.27. The van der Waals surface area contributed by atoms with Gasteiger partial charge in [0, 0.05) is 6.42 Å². The van der Waals surface area contributed by atoms with E-state index in [0.717, 1.165) is 25.7 Å². The molecule has 24 heavy (non-hydrogen) atoms. The molecule has 0 aromatic heterocycles. The molecule has 2 aliphatic rings. The summed E-state index contributed by atoms with van der Waals surface area (Å²) in [7, 11) is -4.66. The molecular weight excluding hydrogens is 334 g/mol. The minimum atomic E-state index is -4.66. The molecule has 2 fully saturated rings. The van der Waals surface area contributed by atoms with Gasteiger partial charge in [0.15, 0.2) is 5.78 Å². The molecular formula is C15H25N3O5S. The summed E-state index contributed by atoms with van der Waals surface area (Å²) in [5.41, 5.74) is 4.97. The number of hydrogen-bond donors (Lipinski definition) is 2. The zero-order valence-corrected chi connectivity index (χ0v) is 14.5. The summed E-state index contributed by atoms with van der Waals surface area (Å²) >= 11 is 0. The van der Waals surface area contributed by atoms with Gasteiger partial charge in [-0.3, -0.25) is 14.4 Å². The second kappa shape index (κ2) is 8.06. The summed E-state index contributed by atoms with van der Waals surface area (Å²) in [4.78, 5) is 36.2. The zero-order chi connectivity index (χ0) is 17.7. The molecule has 0 unspecified atom stereocenters. The van der Waals surface area contributed by atoms with E-state index in [1.54, 1.807) is 0 Å². The molecule has 1 atom stereocenters. The largest absolute Gasteiger partial charge is 0.355 e. The van der Waals surface area contributed by atoms with Crippen molar-refractivity contribution in [2.45, 2.75) is 57.4 Å². The number of nitrogens with two attached hydrogens (primary N) is 1. The van der Waals surface area contributed by atoms with Crippen LogP contribution >= 0.6 is 0 Å². The second-order valence-corrected chi connectivity index (χ2v) is 8.25. The van der Waals surface area contributed by atoms with Crippen LogP contribution in [0.1, 0.15) is 51.4 Å². The van der Waals surface area contributed by atoms with Gasteiger partial charge in [-0.2, -0.15) is 8.42 Å². The third-order valence-electron chi connectivity index (χ3n) is 4.79. The van der Waals surface area contributed by atoms with Crippen molar-refractivity contribution in [3.05, 3.63) is 0 Å². The summed E-state index contributed by atoms with van der Waals surface area (Å²) in [5, 5.41) is 1.28. The molecule has 3 N–H and O–H groups in total. The number of amides is 2. The Morgan fingerprint density at radius 1 is 1.17 bits per heavy atom. The number of hydrogen-bond acceptors (Lipinski definition) is 6. The van der Waals surface area contributed by atoms with Crippen molar-refractivity contribution in [1.29, 1.82) is 0 Å². The zero-order valence-electron chi connectivity index (χ0n) is 13.7. The molecule has 1 heterocycles. The normalized spacial score (nSPS) is 23.0. The highest BCUT2D eigenvalue weighted by Gasteiger charge is 2.41. The second-order valence-electron chi connectivity index (χ2n) is 6.50. The van der Waals surface area contributed by atoms with Crippen molar-refractivity contribution in [3.63, 3.8) is 0 Å². The number of ketones is 1. The highest BCUT2D eigenvalue weighted by atomic mass is 32.2. The summed E-state index contributed by atoms with van der Waals surface area (Å²) < 4.78 is 25.0. The summed E-state index contributed by atoms with van der Waals surface area (Å²) in [6.07, 6.45) is 5.62. The number of Topliss-reactive ketones (excluding diaryl/α,β-unsaturated/α-hetero) is 1. The highest BCUT2D eigenvalue weighted by molar-refractivity contribution is 8.04. The summed E-state index contributed by atoms with van der Waals surface area (Å²) in [6.45, 7) is 0.536. The average molecular weight is 359 g/mol. The molecule has 1 saturated heterocycles. The number of carbonyl (C=O) groups excluding carboxylic acids is 3. The van der Waals surface area contributed by atoms with Crippen LogP contribution in [0.5, 0.6) is 0 Å². The lowest BCUT2D eigenvalue weighted by atomic mass is 10.0. The van der Waals surface area contributed by atoms with Crippen LogP contribution in [0.15, 0.2) is 0 Å². The molecule has 0 radical (unpaired) electrons. The van der Waals surface area contributed by atoms with Crippen molar-refractivity contribution >= 4 is 27.0 Å². The van der Waals surface area contributed by atoms with Gasteiger partial charge in [0.05, 0.1) is 6.54 Å². The van der Waals surface area contributed by atoms with Crippen molar-refractivity contribution < 1.29 is 22.8 Å². The number of carbonyl (C=O) groups is 3. The molecule has 136 valence electrons. The molecule has 0 aromatic carbocycles. The van der Waals surface area contributed by atoms with Crippen molar-refractivity contribution in [1.82, 2.24) is 9.62 Å². The third kappa shape index (κ3) is 4.32. The SMILES string of the molecule is NC(=O)S(=O)(=O)N(C(=O)CCC1CCCC1)[C@H]1CCCNCC1=O. The standard InChI is InChI=1S/C15H25N3O5S/c16-15(21)24(22,23)18(12-6-3-9-17-10-13(12)19)14(20)8-7-11-4-1-2-5-11/h11-12,17H,1-10H2,(H2,16,21)/t12-/m0/s1. The fourth-order valence-corrected chi connectivity index (χ4v) is 4.58. The first-order valence-electron chi connectivity index (χ1n) is 8.44. The van der Waals surface area contributed by atoms with Crippen LogP contribution in [0.4, 0.5) is 4.79 Å². The van der Waals surface area contributed by atoms with E-state index in [9.17, 15) is 22.8 Å². The Morgan fingerprint density at radius 2 is 1.83 bits per heavy atom. The maximum absolute atomic E-state index is 12.6. The minimum absolute atomic E-state index is 0.00832. The molecule has 2 rings (SSSR count). The van der Waals surface area contributed by atoms with E-state index in [2.05, 4.69) is 5.32 Å². The fourth-order valence-electron chi connectivity index (χ4n) is 3.47. The fraction of sp³-hybridized carbons (Fsp3) is 0.800. The number of primary amides is 1. The summed E-state index contributed by atoms with van der Waals surface area (Å²) in [6, 6.07) is -1.14. The topological polar surface area (TPSA) is 127 Å². The Bertz CT molecular complexity index is 598. The Morgan fingerprint density at radius 3 is 2.46 bits per heavy atom. The highest BCUT2D eigenvalue weighted by Crippen LogP contribution is 2.29. The van der Waals surface area contributed by atoms with E-state index in [1.807, 2.05) is 0 Å². The Hall–Kier alpha value is -1.48. The van der Waals surface area contributed by atoms with Crippen LogP contribution in [0, 0.1) is 5.92 Å². The number of nitrogens with zero attached hydrogens (tertiary/aromatic N) is 1. The van der Waals surface area contributed by atoms with Gasteiger partial charge < -0.3 is 11.1 Å². The maximum atomic E-state index is 12.6. The lowest BCUT2D eigenvalue weighted by Crippen LogP contribution is -2.52. The molecule has 0 bridgehead atoms. The molecule has 0 aromatic rings. The van der Waals surface area contributed by atoms with Gasteiger partial charge in [0.2, 0.25) is 5.91 Å². The Labute approximate surface area is 142 Å². The van der Waals surface area contributed by atoms with E-state index in [1.165, 1.54) is 0 Å². The van der Waals surface area contributed by atoms with Crippen LogP contribution in [0.2, 0.25) is 0 Å². The van der Waals surface area contributed by atoms with Crippen LogP contribution in [0.25, 0.3) is 0 Å². The minimum Gasteiger partial charge on any atom is -0.355 e. The van der Waals surface area contributed by atoms with E-state index in [-0.39, 0.29) is 19.4 Å². The Kier molecular flexibility index (Phi) is 6.34. The quantitative estimate of drug-likeness (QED) is 0.753. The van der Waals surface area contributed by atoms with E-state index in [0.29, 0.717) is 29.6 Å². The number of nitrogens with one attached hydrogen (secondary N) is 1.